The van der Waals surface area contributed by atoms with Gasteiger partial charge in [-0.15, -0.1) is 0 Å². The molecule has 15 heteroatoms. The number of fused-ring (bicyclic) bond motifs is 1. The first-order valence-corrected chi connectivity index (χ1v) is 14.9. The molecule has 0 radical (unpaired) electrons. The zero-order chi connectivity index (χ0) is 28.6. The first-order chi connectivity index (χ1) is 19.1. The molecule has 2 unspecified atom stereocenters. The predicted molar refractivity (Wildman–Crippen MR) is 140 cm³/mol. The number of hydrogen-bond acceptors (Lipinski definition) is 10. The second kappa shape index (κ2) is 11.4. The highest BCUT2D eigenvalue weighted by Crippen LogP contribution is 2.51. The van der Waals surface area contributed by atoms with Crippen molar-refractivity contribution < 1.29 is 46.1 Å². The second-order valence-corrected chi connectivity index (χ2v) is 12.6. The maximum atomic E-state index is 14.5. The number of ether oxygens (including phenoxy) is 3. The van der Waals surface area contributed by atoms with Crippen LogP contribution in [-0.2, 0) is 24.3 Å². The molecule has 216 valence electrons. The SMILES string of the molecule is COc1ccc(F)cc1[C@H](CN1C(=O)N(CC(=O)O)S(=O)(=O)C2C(C)=C(c3ncco3)SC21)OC1CCOCC1. The van der Waals surface area contributed by atoms with Crippen LogP contribution in [-0.4, -0.2) is 89.9 Å². The van der Waals surface area contributed by atoms with Crippen LogP contribution in [0.3, 0.4) is 0 Å². The third-order valence-corrected chi connectivity index (χ3v) is 10.8. The Kier molecular flexibility index (Phi) is 8.08. The van der Waals surface area contributed by atoms with E-state index in [9.17, 15) is 27.5 Å². The Balaban J connectivity index is 1.57. The van der Waals surface area contributed by atoms with Crippen LogP contribution in [0, 0.1) is 5.82 Å². The number of carbonyl (C=O) groups is 2. The Morgan fingerprint density at radius 2 is 2.08 bits per heavy atom. The molecule has 0 saturated carbocycles. The number of benzene rings is 1. The molecule has 2 saturated heterocycles. The van der Waals surface area contributed by atoms with Crippen LogP contribution in [0.5, 0.6) is 5.75 Å². The Labute approximate surface area is 234 Å². The standard InChI is InChI=1S/C25H28FN3O9S2/c1-14-21(23-27-7-10-37-23)39-24-22(14)40(33,34)29(13-20(30)31)25(32)28(24)12-19(38-16-5-8-36-9-6-16)17-11-15(26)3-4-18(17)35-2/h3-4,7,10-11,16,19,22,24H,5-6,8-9,12-13H2,1-2H3,(H,30,31)/t19-,22?,24?/m0/s1. The van der Waals surface area contributed by atoms with E-state index in [1.165, 1.54) is 42.7 Å². The molecule has 0 bridgehead atoms. The molecule has 2 amide bonds. The van der Waals surface area contributed by atoms with Crippen molar-refractivity contribution in [1.29, 1.82) is 0 Å². The molecule has 3 aliphatic rings. The van der Waals surface area contributed by atoms with Gasteiger partial charge in [0.1, 0.15) is 41.1 Å². The van der Waals surface area contributed by atoms with Gasteiger partial charge < -0.3 is 28.6 Å². The zero-order valence-corrected chi connectivity index (χ0v) is 23.3. The molecule has 0 aliphatic carbocycles. The monoisotopic (exact) mass is 597 g/mol. The van der Waals surface area contributed by atoms with Crippen LogP contribution in [0.4, 0.5) is 9.18 Å². The summed E-state index contributed by atoms with van der Waals surface area (Å²) in [7, 11) is -3.00. The lowest BCUT2D eigenvalue weighted by atomic mass is 10.0. The number of carbonyl (C=O) groups excluding carboxylic acids is 1. The molecule has 40 heavy (non-hydrogen) atoms. The van der Waals surface area contributed by atoms with Crippen LogP contribution >= 0.6 is 11.8 Å². The number of halogens is 1. The van der Waals surface area contributed by atoms with Crippen LogP contribution in [0.2, 0.25) is 0 Å². The summed E-state index contributed by atoms with van der Waals surface area (Å²) >= 11 is 1.09. The fraction of sp³-hybridized carbons (Fsp3) is 0.480. The number of hydrogen-bond donors (Lipinski definition) is 1. The van der Waals surface area contributed by atoms with Crippen molar-refractivity contribution in [2.45, 2.75) is 42.6 Å². The molecule has 3 aliphatic heterocycles. The van der Waals surface area contributed by atoms with E-state index in [0.29, 0.717) is 52.2 Å². The Hall–Kier alpha value is -3.14. The first-order valence-electron chi connectivity index (χ1n) is 12.5. The summed E-state index contributed by atoms with van der Waals surface area (Å²) in [5, 5.41) is 7.22. The van der Waals surface area contributed by atoms with E-state index in [1.54, 1.807) is 6.92 Å². The number of thioether (sulfide) groups is 1. The normalized spacial score (nSPS) is 23.8. The van der Waals surface area contributed by atoms with Gasteiger partial charge in [0.25, 0.3) is 0 Å². The number of amides is 2. The van der Waals surface area contributed by atoms with Crippen LogP contribution in [0.15, 0.2) is 40.6 Å². The molecule has 3 atom stereocenters. The van der Waals surface area contributed by atoms with E-state index in [0.717, 1.165) is 11.8 Å². The molecular weight excluding hydrogens is 569 g/mol. The number of urea groups is 1. The van der Waals surface area contributed by atoms with Crippen molar-refractivity contribution in [2.24, 2.45) is 0 Å². The Morgan fingerprint density at radius 3 is 2.73 bits per heavy atom. The van der Waals surface area contributed by atoms with E-state index in [2.05, 4.69) is 4.98 Å². The van der Waals surface area contributed by atoms with Crippen LogP contribution in [0.25, 0.3) is 4.91 Å². The molecular formula is C25H28FN3O9S2. The van der Waals surface area contributed by atoms with E-state index in [-0.39, 0.29) is 18.5 Å². The lowest BCUT2D eigenvalue weighted by molar-refractivity contribution is -0.137. The molecule has 2 fully saturated rings. The van der Waals surface area contributed by atoms with Gasteiger partial charge in [-0.25, -0.2) is 26.9 Å². The zero-order valence-electron chi connectivity index (χ0n) is 21.7. The van der Waals surface area contributed by atoms with Crippen molar-refractivity contribution in [1.82, 2.24) is 14.2 Å². The number of methoxy groups -OCH3 is 1. The minimum Gasteiger partial charge on any atom is -0.496 e. The summed E-state index contributed by atoms with van der Waals surface area (Å²) in [5.41, 5.74) is 0.702. The minimum absolute atomic E-state index is 0.186. The van der Waals surface area contributed by atoms with Gasteiger partial charge in [0, 0.05) is 18.8 Å². The summed E-state index contributed by atoms with van der Waals surface area (Å²) in [6.45, 7) is 1.26. The third kappa shape index (κ3) is 5.30. The fourth-order valence-corrected chi connectivity index (χ4v) is 9.07. The molecule has 0 spiro atoms. The van der Waals surface area contributed by atoms with E-state index in [1.807, 2.05) is 0 Å². The quantitative estimate of drug-likeness (QED) is 0.455. The first kappa shape index (κ1) is 28.4. The summed E-state index contributed by atoms with van der Waals surface area (Å²) in [5.74, 6) is -1.53. The Bertz CT molecular complexity index is 1410. The fourth-order valence-electron chi connectivity index (χ4n) is 5.13. The highest BCUT2D eigenvalue weighted by atomic mass is 32.2. The summed E-state index contributed by atoms with van der Waals surface area (Å²) in [4.78, 5) is 31.2. The highest BCUT2D eigenvalue weighted by molar-refractivity contribution is 8.10. The largest absolute Gasteiger partial charge is 0.496 e. The molecule has 4 heterocycles. The minimum atomic E-state index is -4.43. The smallest absolute Gasteiger partial charge is 0.335 e. The molecule has 2 aromatic rings. The number of sulfonamides is 1. The van der Waals surface area contributed by atoms with Crippen molar-refractivity contribution >= 4 is 38.7 Å². The molecule has 1 N–H and O–H groups in total. The van der Waals surface area contributed by atoms with E-state index >= 15 is 0 Å². The molecule has 12 nitrogen and oxygen atoms in total. The summed E-state index contributed by atoms with van der Waals surface area (Å²) < 4.78 is 64.8. The van der Waals surface area contributed by atoms with Crippen molar-refractivity contribution in [3.8, 4) is 5.75 Å². The third-order valence-electron chi connectivity index (χ3n) is 7.01. The topological polar surface area (TPSA) is 149 Å². The predicted octanol–water partition coefficient (Wildman–Crippen LogP) is 3.08. The number of carboxylic acids is 1. The average Bonchev–Trinajstić information content (AvgIpc) is 3.57. The highest BCUT2D eigenvalue weighted by Gasteiger charge is 2.57. The van der Waals surface area contributed by atoms with Gasteiger partial charge in [-0.05, 0) is 43.5 Å². The molecule has 5 rings (SSSR count). The number of aromatic nitrogens is 1. The van der Waals surface area contributed by atoms with Gasteiger partial charge >= 0.3 is 12.0 Å². The maximum absolute atomic E-state index is 14.5. The molecule has 1 aromatic carbocycles. The number of nitrogens with zero attached hydrogens (tertiary/aromatic N) is 3. The van der Waals surface area contributed by atoms with E-state index in [4.69, 9.17) is 18.6 Å². The summed E-state index contributed by atoms with van der Waals surface area (Å²) in [6, 6.07) is 2.92. The van der Waals surface area contributed by atoms with Gasteiger partial charge in [-0.3, -0.25) is 4.79 Å². The van der Waals surface area contributed by atoms with Gasteiger partial charge in [0.05, 0.1) is 30.9 Å². The number of aliphatic carboxylic acids is 1. The van der Waals surface area contributed by atoms with Crippen LogP contribution < -0.4 is 4.74 Å². The number of rotatable bonds is 9. The van der Waals surface area contributed by atoms with E-state index < -0.39 is 51.1 Å². The average molecular weight is 598 g/mol. The molecule has 1 aromatic heterocycles. The van der Waals surface area contributed by atoms with Crippen molar-refractivity contribution in [3.63, 3.8) is 0 Å². The van der Waals surface area contributed by atoms with Gasteiger partial charge in [0.15, 0.2) is 0 Å². The number of carboxylic acid groups (broad SMARTS) is 1. The van der Waals surface area contributed by atoms with Crippen LogP contribution in [0.1, 0.15) is 37.3 Å². The van der Waals surface area contributed by atoms with Gasteiger partial charge in [-0.2, -0.15) is 0 Å². The number of oxazole rings is 1. The Morgan fingerprint density at radius 1 is 1.32 bits per heavy atom. The summed E-state index contributed by atoms with van der Waals surface area (Å²) in [6.07, 6.45) is 2.69. The van der Waals surface area contributed by atoms with Gasteiger partial charge in [-0.1, -0.05) is 11.8 Å². The maximum Gasteiger partial charge on any atom is 0.335 e. The van der Waals surface area contributed by atoms with Gasteiger partial charge in [0.2, 0.25) is 15.9 Å². The second-order valence-electron chi connectivity index (χ2n) is 9.48. The van der Waals surface area contributed by atoms with Crippen molar-refractivity contribution in [3.05, 3.63) is 53.5 Å². The lowest BCUT2D eigenvalue weighted by Crippen LogP contribution is -2.63. The van der Waals surface area contributed by atoms with Crippen molar-refractivity contribution in [2.75, 3.05) is 33.4 Å². The lowest BCUT2D eigenvalue weighted by Gasteiger charge is -2.43.